The second-order valence-corrected chi connectivity index (χ2v) is 8.79. The SMILES string of the molecule is CC[C@@H](C)NC(=O)c1c(C)c(N2CC[NH+](CC)CC2)c(C)n1Cc1ccccc1C. The molecule has 1 aromatic heterocycles. The molecule has 0 radical (unpaired) electrons. The highest BCUT2D eigenvalue weighted by molar-refractivity contribution is 5.96. The third kappa shape index (κ3) is 4.56. The van der Waals surface area contributed by atoms with Gasteiger partial charge in [-0.15, -0.1) is 0 Å². The smallest absolute Gasteiger partial charge is 0.268 e. The predicted molar refractivity (Wildman–Crippen MR) is 125 cm³/mol. The Morgan fingerprint density at radius 1 is 1.13 bits per heavy atom. The molecule has 1 amide bonds. The molecule has 1 saturated heterocycles. The summed E-state index contributed by atoms with van der Waals surface area (Å²) < 4.78 is 2.24. The van der Waals surface area contributed by atoms with Crippen LogP contribution in [0.3, 0.4) is 0 Å². The van der Waals surface area contributed by atoms with Crippen LogP contribution in [-0.2, 0) is 6.54 Å². The molecular formula is C25H39N4O+. The fourth-order valence-corrected chi connectivity index (χ4v) is 4.59. The molecule has 5 heteroatoms. The van der Waals surface area contributed by atoms with Gasteiger partial charge in [-0.25, -0.2) is 0 Å². The second kappa shape index (κ2) is 9.69. The van der Waals surface area contributed by atoms with E-state index in [2.05, 4.69) is 80.6 Å². The highest BCUT2D eigenvalue weighted by Crippen LogP contribution is 2.32. The third-order valence-electron chi connectivity index (χ3n) is 6.81. The number of anilines is 1. The van der Waals surface area contributed by atoms with Gasteiger partial charge in [-0.05, 0) is 52.2 Å². The quantitative estimate of drug-likeness (QED) is 0.736. The fourth-order valence-electron chi connectivity index (χ4n) is 4.59. The van der Waals surface area contributed by atoms with Gasteiger partial charge in [0.1, 0.15) is 5.69 Å². The number of amides is 1. The van der Waals surface area contributed by atoms with E-state index in [0.717, 1.165) is 50.4 Å². The van der Waals surface area contributed by atoms with Gasteiger partial charge in [0, 0.05) is 23.8 Å². The normalized spacial score (nSPS) is 16.0. The Balaban J connectivity index is 2.02. The van der Waals surface area contributed by atoms with E-state index in [0.29, 0.717) is 0 Å². The Morgan fingerprint density at radius 2 is 1.80 bits per heavy atom. The zero-order valence-corrected chi connectivity index (χ0v) is 19.6. The standard InChI is InChI=1S/C25H38N4O/c1-7-19(4)26-25(30)24-20(5)23(28-15-13-27(8-2)14-16-28)21(6)29(24)17-22-12-10-9-11-18(22)3/h9-12,19H,7-8,13-17H2,1-6H3,(H,26,30)/p+1/t19-/m1/s1. The summed E-state index contributed by atoms with van der Waals surface area (Å²) in [6.07, 6.45) is 0.927. The van der Waals surface area contributed by atoms with Crippen molar-refractivity contribution in [3.05, 3.63) is 52.3 Å². The summed E-state index contributed by atoms with van der Waals surface area (Å²) >= 11 is 0. The molecule has 2 heterocycles. The molecule has 0 spiro atoms. The Bertz CT molecular complexity index is 878. The summed E-state index contributed by atoms with van der Waals surface area (Å²) in [4.78, 5) is 17.5. The maximum absolute atomic E-state index is 13.3. The van der Waals surface area contributed by atoms with Gasteiger partial charge in [-0.1, -0.05) is 31.2 Å². The van der Waals surface area contributed by atoms with Crippen LogP contribution in [0.15, 0.2) is 24.3 Å². The Kier molecular flexibility index (Phi) is 7.24. The number of carbonyl (C=O) groups excluding carboxylic acids is 1. The van der Waals surface area contributed by atoms with Crippen molar-refractivity contribution >= 4 is 11.6 Å². The number of aryl methyl sites for hydroxylation is 1. The lowest BCUT2D eigenvalue weighted by molar-refractivity contribution is -0.898. The van der Waals surface area contributed by atoms with Gasteiger partial charge in [-0.2, -0.15) is 0 Å². The molecule has 1 fully saturated rings. The first-order valence-corrected chi connectivity index (χ1v) is 11.5. The average Bonchev–Trinajstić information content (AvgIpc) is 2.99. The van der Waals surface area contributed by atoms with Crippen LogP contribution in [0.25, 0.3) is 0 Å². The minimum absolute atomic E-state index is 0.0441. The molecule has 2 aromatic rings. The molecule has 1 atom stereocenters. The number of aromatic nitrogens is 1. The first-order valence-electron chi connectivity index (χ1n) is 11.5. The zero-order chi connectivity index (χ0) is 21.8. The van der Waals surface area contributed by atoms with Gasteiger partial charge in [0.2, 0.25) is 0 Å². The lowest BCUT2D eigenvalue weighted by Crippen LogP contribution is -3.14. The van der Waals surface area contributed by atoms with Crippen molar-refractivity contribution in [3.8, 4) is 0 Å². The van der Waals surface area contributed by atoms with Crippen molar-refractivity contribution in [3.63, 3.8) is 0 Å². The summed E-state index contributed by atoms with van der Waals surface area (Å²) in [7, 11) is 0. The number of rotatable bonds is 7. The first kappa shape index (κ1) is 22.4. The predicted octanol–water partition coefficient (Wildman–Crippen LogP) is 2.71. The van der Waals surface area contributed by atoms with Crippen molar-refractivity contribution in [1.82, 2.24) is 9.88 Å². The van der Waals surface area contributed by atoms with Gasteiger partial charge >= 0.3 is 0 Å². The summed E-state index contributed by atoms with van der Waals surface area (Å²) in [5.74, 6) is 0.0441. The molecule has 5 nitrogen and oxygen atoms in total. The van der Waals surface area contributed by atoms with Crippen LogP contribution in [0.2, 0.25) is 0 Å². The number of benzene rings is 1. The van der Waals surface area contributed by atoms with Gasteiger partial charge < -0.3 is 19.7 Å². The van der Waals surface area contributed by atoms with Crippen LogP contribution in [0, 0.1) is 20.8 Å². The maximum atomic E-state index is 13.3. The van der Waals surface area contributed by atoms with E-state index in [1.165, 1.54) is 29.1 Å². The Morgan fingerprint density at radius 3 is 2.40 bits per heavy atom. The van der Waals surface area contributed by atoms with Crippen molar-refractivity contribution in [1.29, 1.82) is 0 Å². The number of piperazine rings is 1. The molecule has 30 heavy (non-hydrogen) atoms. The number of quaternary nitrogens is 1. The van der Waals surface area contributed by atoms with Crippen molar-refractivity contribution < 1.29 is 9.69 Å². The van der Waals surface area contributed by atoms with Crippen LogP contribution in [0.1, 0.15) is 60.1 Å². The van der Waals surface area contributed by atoms with E-state index in [9.17, 15) is 4.79 Å². The third-order valence-corrected chi connectivity index (χ3v) is 6.81. The number of nitrogens with zero attached hydrogens (tertiary/aromatic N) is 2. The number of likely N-dealkylation sites (N-methyl/N-ethyl adjacent to an activating group) is 1. The first-order chi connectivity index (χ1) is 14.4. The molecule has 1 aliphatic rings. The van der Waals surface area contributed by atoms with Crippen molar-refractivity contribution in [2.75, 3.05) is 37.6 Å². The number of carbonyl (C=O) groups is 1. The van der Waals surface area contributed by atoms with Crippen LogP contribution >= 0.6 is 0 Å². The molecule has 0 bridgehead atoms. The average molecular weight is 412 g/mol. The highest BCUT2D eigenvalue weighted by Gasteiger charge is 2.29. The number of hydrogen-bond donors (Lipinski definition) is 2. The molecule has 164 valence electrons. The van der Waals surface area contributed by atoms with Gasteiger partial charge in [0.05, 0.1) is 38.4 Å². The summed E-state index contributed by atoms with van der Waals surface area (Å²) in [5, 5.41) is 3.20. The molecule has 1 aliphatic heterocycles. The van der Waals surface area contributed by atoms with Crippen LogP contribution in [0.5, 0.6) is 0 Å². The molecule has 1 aromatic carbocycles. The van der Waals surface area contributed by atoms with Crippen molar-refractivity contribution in [2.45, 2.75) is 60.5 Å². The lowest BCUT2D eigenvalue weighted by atomic mass is 10.1. The van der Waals surface area contributed by atoms with E-state index < -0.39 is 0 Å². The maximum Gasteiger partial charge on any atom is 0.268 e. The minimum atomic E-state index is 0.0441. The molecule has 0 saturated carbocycles. The van der Waals surface area contributed by atoms with E-state index in [-0.39, 0.29) is 11.9 Å². The molecule has 0 aliphatic carbocycles. The molecular weight excluding hydrogens is 372 g/mol. The molecule has 0 unspecified atom stereocenters. The number of hydrogen-bond acceptors (Lipinski definition) is 2. The summed E-state index contributed by atoms with van der Waals surface area (Å²) in [6, 6.07) is 8.64. The topological polar surface area (TPSA) is 41.7 Å². The van der Waals surface area contributed by atoms with Crippen molar-refractivity contribution in [2.24, 2.45) is 0 Å². The van der Waals surface area contributed by atoms with E-state index in [4.69, 9.17) is 0 Å². The van der Waals surface area contributed by atoms with Gasteiger partial charge in [0.25, 0.3) is 5.91 Å². The minimum Gasteiger partial charge on any atom is -0.359 e. The molecule has 2 N–H and O–H groups in total. The monoisotopic (exact) mass is 411 g/mol. The summed E-state index contributed by atoms with van der Waals surface area (Å²) in [5.41, 5.74) is 6.91. The molecule has 3 rings (SSSR count). The highest BCUT2D eigenvalue weighted by atomic mass is 16.2. The fraction of sp³-hybridized carbons (Fsp3) is 0.560. The van der Waals surface area contributed by atoms with Gasteiger partial charge in [0.15, 0.2) is 0 Å². The van der Waals surface area contributed by atoms with Gasteiger partial charge in [-0.3, -0.25) is 4.79 Å². The van der Waals surface area contributed by atoms with Crippen LogP contribution < -0.4 is 15.1 Å². The second-order valence-electron chi connectivity index (χ2n) is 8.79. The number of nitrogens with one attached hydrogen (secondary N) is 2. The Hall–Kier alpha value is -2.27. The van der Waals surface area contributed by atoms with E-state index in [1.54, 1.807) is 4.90 Å². The van der Waals surface area contributed by atoms with E-state index >= 15 is 0 Å². The van der Waals surface area contributed by atoms with Crippen LogP contribution in [-0.4, -0.2) is 49.2 Å². The lowest BCUT2D eigenvalue weighted by Gasteiger charge is -2.33. The largest absolute Gasteiger partial charge is 0.359 e. The summed E-state index contributed by atoms with van der Waals surface area (Å²) in [6.45, 7) is 19.2. The Labute approximate surface area is 182 Å². The van der Waals surface area contributed by atoms with E-state index in [1.807, 2.05) is 0 Å². The zero-order valence-electron chi connectivity index (χ0n) is 19.6. The van der Waals surface area contributed by atoms with Crippen LogP contribution in [0.4, 0.5) is 5.69 Å².